The van der Waals surface area contributed by atoms with Crippen molar-refractivity contribution < 1.29 is 9.84 Å². The van der Waals surface area contributed by atoms with Gasteiger partial charge in [-0.25, -0.2) is 9.78 Å². The van der Waals surface area contributed by atoms with Crippen LogP contribution in [-0.2, 0) is 27.2 Å². The van der Waals surface area contributed by atoms with Gasteiger partial charge in [0.1, 0.15) is 18.5 Å². The van der Waals surface area contributed by atoms with Gasteiger partial charge in [0.05, 0.1) is 12.9 Å². The molecule has 1 aromatic carbocycles. The molecule has 0 aliphatic rings. The zero-order valence-electron chi connectivity index (χ0n) is 20.4. The highest BCUT2D eigenvalue weighted by Crippen LogP contribution is 2.19. The lowest BCUT2D eigenvalue weighted by Gasteiger charge is -2.16. The number of hydrogen-bond donors (Lipinski definition) is 2. The van der Waals surface area contributed by atoms with E-state index in [0.717, 1.165) is 28.7 Å². The molecule has 0 bridgehead atoms. The summed E-state index contributed by atoms with van der Waals surface area (Å²) in [4.78, 5) is 34.0. The largest absolute Gasteiger partial charge is 0.491 e. The Morgan fingerprint density at radius 3 is 2.66 bits per heavy atom. The first-order valence-corrected chi connectivity index (χ1v) is 11.5. The Morgan fingerprint density at radius 1 is 1.14 bits per heavy atom. The molecule has 2 N–H and O–H groups in total. The van der Waals surface area contributed by atoms with Crippen molar-refractivity contribution >= 4 is 17.1 Å². The van der Waals surface area contributed by atoms with Crippen LogP contribution in [0.5, 0.6) is 5.75 Å². The molecule has 0 unspecified atom stereocenters. The van der Waals surface area contributed by atoms with Crippen molar-refractivity contribution in [2.45, 2.75) is 39.5 Å². The molecule has 0 radical (unpaired) electrons. The molecule has 0 saturated carbocycles. The van der Waals surface area contributed by atoms with Crippen molar-refractivity contribution in [1.82, 2.24) is 28.2 Å². The maximum Gasteiger partial charge on any atom is 0.332 e. The fourth-order valence-corrected chi connectivity index (χ4v) is 3.90. The smallest absolute Gasteiger partial charge is 0.332 e. The molecular weight excluding hydrogens is 450 g/mol. The number of nitrogens with zero attached hydrogens (tertiary/aromatic N) is 6. The average Bonchev–Trinajstić information content (AvgIpc) is 3.48. The van der Waals surface area contributed by atoms with E-state index in [1.165, 1.54) is 11.6 Å². The van der Waals surface area contributed by atoms with Crippen LogP contribution in [0.15, 0.2) is 46.5 Å². The number of fused-ring (bicyclic) bond motifs is 1. The molecule has 35 heavy (non-hydrogen) atoms. The minimum Gasteiger partial charge on any atom is -0.491 e. The van der Waals surface area contributed by atoms with Crippen molar-refractivity contribution in [3.63, 3.8) is 0 Å². The number of imidazole rings is 2. The summed E-state index contributed by atoms with van der Waals surface area (Å²) in [5, 5.41) is 14.0. The molecule has 11 nitrogen and oxygen atoms in total. The predicted molar refractivity (Wildman–Crippen MR) is 133 cm³/mol. The number of aliphatic hydroxyl groups is 1. The minimum atomic E-state index is -0.914. The summed E-state index contributed by atoms with van der Waals surface area (Å²) in [7, 11) is 3.00. The number of hydrogen-bond acceptors (Lipinski definition) is 7. The number of benzene rings is 1. The monoisotopic (exact) mass is 481 g/mol. The van der Waals surface area contributed by atoms with E-state index in [-0.39, 0.29) is 24.3 Å². The minimum absolute atomic E-state index is 0.0360. The molecule has 0 aliphatic heterocycles. The normalized spacial score (nSPS) is 12.3. The van der Waals surface area contributed by atoms with Gasteiger partial charge in [-0.3, -0.25) is 13.9 Å². The summed E-state index contributed by atoms with van der Waals surface area (Å²) >= 11 is 0. The second-order valence-corrected chi connectivity index (χ2v) is 8.72. The first-order valence-electron chi connectivity index (χ1n) is 11.5. The van der Waals surface area contributed by atoms with Gasteiger partial charge in [0.25, 0.3) is 5.56 Å². The van der Waals surface area contributed by atoms with Crippen molar-refractivity contribution in [3.05, 3.63) is 68.9 Å². The van der Waals surface area contributed by atoms with Crippen LogP contribution < -0.4 is 21.3 Å². The number of nitrogens with one attached hydrogen (secondary N) is 1. The van der Waals surface area contributed by atoms with Crippen molar-refractivity contribution in [3.8, 4) is 5.75 Å². The quantitative estimate of drug-likeness (QED) is 0.326. The molecule has 3 aromatic heterocycles. The summed E-state index contributed by atoms with van der Waals surface area (Å²) in [5.41, 5.74) is 1.84. The van der Waals surface area contributed by atoms with E-state index < -0.39 is 17.4 Å². The second kappa shape index (κ2) is 10.2. The number of anilines is 1. The van der Waals surface area contributed by atoms with E-state index in [4.69, 9.17) is 4.74 Å². The van der Waals surface area contributed by atoms with Gasteiger partial charge in [-0.15, -0.1) is 0 Å². The van der Waals surface area contributed by atoms with E-state index >= 15 is 0 Å². The van der Waals surface area contributed by atoms with Gasteiger partial charge in [-0.05, 0) is 43.5 Å². The Hall–Kier alpha value is -3.86. The van der Waals surface area contributed by atoms with Crippen LogP contribution in [0.3, 0.4) is 0 Å². The SMILES string of the molecule is Cc1ccc(OC[C@@H](O)Cn2c(NCCCn3ccnc3)nc3c2c(=O)n(C)c(=O)n3C)cc1C. The molecule has 1 atom stereocenters. The van der Waals surface area contributed by atoms with Gasteiger partial charge in [-0.2, -0.15) is 4.98 Å². The van der Waals surface area contributed by atoms with Crippen molar-refractivity contribution in [2.75, 3.05) is 18.5 Å². The third kappa shape index (κ3) is 5.14. The zero-order chi connectivity index (χ0) is 25.1. The summed E-state index contributed by atoms with van der Waals surface area (Å²) in [6, 6.07) is 5.75. The fraction of sp³-hybridized carbons (Fsp3) is 0.417. The van der Waals surface area contributed by atoms with Gasteiger partial charge in [0.15, 0.2) is 11.2 Å². The van der Waals surface area contributed by atoms with Gasteiger partial charge in [0, 0.05) is 39.6 Å². The number of aliphatic hydroxyl groups excluding tert-OH is 1. The molecule has 0 amide bonds. The Labute approximate surface area is 202 Å². The molecule has 3 heterocycles. The number of rotatable bonds is 10. The third-order valence-electron chi connectivity index (χ3n) is 6.10. The molecule has 0 aliphatic carbocycles. The zero-order valence-corrected chi connectivity index (χ0v) is 20.4. The number of ether oxygens (including phenoxy) is 1. The molecule has 0 fully saturated rings. The summed E-state index contributed by atoms with van der Waals surface area (Å²) in [6.45, 7) is 5.47. The standard InChI is InChI=1S/C24H31N7O4/c1-16-6-7-19(12-17(16)2)35-14-18(32)13-31-20-21(28(3)24(34)29(4)22(20)33)27-23(31)26-8-5-10-30-11-9-25-15-30/h6-7,9,11-12,15,18,32H,5,8,10,13-14H2,1-4H3,(H,26,27)/t18-/m0/s1. The molecule has 4 aromatic rings. The highest BCUT2D eigenvalue weighted by atomic mass is 16.5. The first kappa shape index (κ1) is 24.3. The molecule has 0 saturated heterocycles. The number of aromatic nitrogens is 6. The molecule has 11 heteroatoms. The van der Waals surface area contributed by atoms with Crippen LogP contribution in [0, 0.1) is 13.8 Å². The Kier molecular flexibility index (Phi) is 7.06. The summed E-state index contributed by atoms with van der Waals surface area (Å²) < 4.78 is 11.8. The Bertz CT molecular complexity index is 1430. The molecular formula is C24H31N7O4. The van der Waals surface area contributed by atoms with E-state index in [1.807, 2.05) is 42.8 Å². The van der Waals surface area contributed by atoms with E-state index in [2.05, 4.69) is 15.3 Å². The Morgan fingerprint density at radius 2 is 1.94 bits per heavy atom. The maximum absolute atomic E-state index is 13.0. The summed E-state index contributed by atoms with van der Waals surface area (Å²) in [5.74, 6) is 1.08. The maximum atomic E-state index is 13.0. The van der Waals surface area contributed by atoms with Gasteiger partial charge in [-0.1, -0.05) is 6.07 Å². The van der Waals surface area contributed by atoms with E-state index in [9.17, 15) is 14.7 Å². The Balaban J connectivity index is 1.56. The van der Waals surface area contributed by atoms with E-state index in [0.29, 0.717) is 18.2 Å². The lowest BCUT2D eigenvalue weighted by molar-refractivity contribution is 0.0938. The molecule has 186 valence electrons. The van der Waals surface area contributed by atoms with Crippen LogP contribution in [0.4, 0.5) is 5.95 Å². The predicted octanol–water partition coefficient (Wildman–Crippen LogP) is 1.19. The van der Waals surface area contributed by atoms with Crippen molar-refractivity contribution in [1.29, 1.82) is 0 Å². The molecule has 0 spiro atoms. The van der Waals surface area contributed by atoms with Crippen molar-refractivity contribution in [2.24, 2.45) is 14.1 Å². The summed E-state index contributed by atoms with van der Waals surface area (Å²) in [6.07, 6.45) is 5.24. The first-order chi connectivity index (χ1) is 16.8. The third-order valence-corrected chi connectivity index (χ3v) is 6.10. The highest BCUT2D eigenvalue weighted by Gasteiger charge is 2.21. The van der Waals surface area contributed by atoms with Gasteiger partial charge >= 0.3 is 5.69 Å². The van der Waals surface area contributed by atoms with Gasteiger partial charge < -0.3 is 24.3 Å². The topological polar surface area (TPSA) is 121 Å². The van der Waals surface area contributed by atoms with Crippen LogP contribution >= 0.6 is 0 Å². The lowest BCUT2D eigenvalue weighted by Crippen LogP contribution is -2.38. The van der Waals surface area contributed by atoms with E-state index in [1.54, 1.807) is 24.1 Å². The van der Waals surface area contributed by atoms with Gasteiger partial charge in [0.2, 0.25) is 5.95 Å². The number of aryl methyl sites for hydroxylation is 4. The van der Waals surface area contributed by atoms with Crippen LogP contribution in [0.25, 0.3) is 11.2 Å². The molecule has 4 rings (SSSR count). The highest BCUT2D eigenvalue weighted by molar-refractivity contribution is 5.74. The van der Waals surface area contributed by atoms with Crippen LogP contribution in [0.2, 0.25) is 0 Å². The van der Waals surface area contributed by atoms with Crippen LogP contribution in [-0.4, -0.2) is 52.6 Å². The lowest BCUT2D eigenvalue weighted by atomic mass is 10.1. The van der Waals surface area contributed by atoms with Crippen LogP contribution in [0.1, 0.15) is 17.5 Å². The average molecular weight is 482 g/mol. The fourth-order valence-electron chi connectivity index (χ4n) is 3.90. The second-order valence-electron chi connectivity index (χ2n) is 8.72.